The van der Waals surface area contributed by atoms with Crippen LogP contribution in [0.4, 0.5) is 0 Å². The molecule has 1 aromatic rings. The predicted molar refractivity (Wildman–Crippen MR) is 74.7 cm³/mol. The second kappa shape index (κ2) is 7.47. The fourth-order valence-corrected chi connectivity index (χ4v) is 1.78. The van der Waals surface area contributed by atoms with E-state index < -0.39 is 17.8 Å². The van der Waals surface area contributed by atoms with Crippen LogP contribution in [0, 0.1) is 5.92 Å². The first-order chi connectivity index (χ1) is 9.86. The van der Waals surface area contributed by atoms with Gasteiger partial charge in [-0.15, -0.1) is 0 Å². The number of carboxylic acids is 1. The van der Waals surface area contributed by atoms with Gasteiger partial charge < -0.3 is 19.3 Å². The molecule has 0 radical (unpaired) electrons. The molecule has 1 atom stereocenters. The number of hydrogen-bond acceptors (Lipinski definition) is 4. The minimum atomic E-state index is -0.957. The van der Waals surface area contributed by atoms with E-state index in [0.29, 0.717) is 6.54 Å². The van der Waals surface area contributed by atoms with Crippen LogP contribution in [0.3, 0.4) is 0 Å². The Labute approximate surface area is 123 Å². The number of carboxylic acid groups (broad SMARTS) is 1. The zero-order chi connectivity index (χ0) is 16.0. The smallest absolute Gasteiger partial charge is 0.308 e. The zero-order valence-electron chi connectivity index (χ0n) is 12.4. The van der Waals surface area contributed by atoms with Crippen molar-refractivity contribution in [3.63, 3.8) is 0 Å². The van der Waals surface area contributed by atoms with Gasteiger partial charge in [0, 0.05) is 20.1 Å². The molecule has 0 spiro atoms. The maximum atomic E-state index is 12.1. The molecule has 0 fully saturated rings. The van der Waals surface area contributed by atoms with Crippen LogP contribution in [-0.2, 0) is 9.59 Å². The normalized spacial score (nSPS) is 11.8. The second-order valence-electron chi connectivity index (χ2n) is 4.81. The van der Waals surface area contributed by atoms with Gasteiger partial charge in [-0.25, -0.2) is 0 Å². The number of carbonyl (C=O) groups excluding carboxylic acids is 2. The molecule has 0 saturated carbocycles. The van der Waals surface area contributed by atoms with Gasteiger partial charge >= 0.3 is 5.97 Å². The van der Waals surface area contributed by atoms with Crippen LogP contribution < -0.4 is 0 Å². The molecule has 1 heterocycles. The molecular weight excluding hydrogens is 276 g/mol. The summed E-state index contributed by atoms with van der Waals surface area (Å²) in [6, 6.07) is 3.11. The van der Waals surface area contributed by atoms with E-state index in [0.717, 1.165) is 0 Å². The lowest BCUT2D eigenvalue weighted by atomic mass is 10.1. The van der Waals surface area contributed by atoms with Crippen molar-refractivity contribution in [1.29, 1.82) is 0 Å². The molecule has 0 aliphatic heterocycles. The lowest BCUT2D eigenvalue weighted by molar-refractivity contribution is -0.143. The second-order valence-corrected chi connectivity index (χ2v) is 4.81. The van der Waals surface area contributed by atoms with Crippen LogP contribution in [0.2, 0.25) is 0 Å². The average Bonchev–Trinajstić information content (AvgIpc) is 2.97. The molecule has 1 rings (SSSR count). The molecule has 0 aromatic carbocycles. The van der Waals surface area contributed by atoms with Crippen molar-refractivity contribution < 1.29 is 23.9 Å². The average molecular weight is 296 g/mol. The van der Waals surface area contributed by atoms with E-state index in [9.17, 15) is 14.4 Å². The molecule has 1 unspecified atom stereocenters. The Bertz CT molecular complexity index is 497. The van der Waals surface area contributed by atoms with Crippen molar-refractivity contribution in [2.75, 3.05) is 26.7 Å². The monoisotopic (exact) mass is 296 g/mol. The minimum absolute atomic E-state index is 0.119. The van der Waals surface area contributed by atoms with Gasteiger partial charge in [0.25, 0.3) is 5.91 Å². The van der Waals surface area contributed by atoms with E-state index in [4.69, 9.17) is 9.52 Å². The van der Waals surface area contributed by atoms with Gasteiger partial charge in [-0.1, -0.05) is 6.92 Å². The molecule has 21 heavy (non-hydrogen) atoms. The number of nitrogens with zero attached hydrogens (tertiary/aromatic N) is 2. The first-order valence-electron chi connectivity index (χ1n) is 6.66. The van der Waals surface area contributed by atoms with Gasteiger partial charge in [-0.05, 0) is 19.1 Å². The van der Waals surface area contributed by atoms with Crippen molar-refractivity contribution in [2.24, 2.45) is 5.92 Å². The molecule has 7 heteroatoms. The van der Waals surface area contributed by atoms with Gasteiger partial charge in [0.15, 0.2) is 5.76 Å². The highest BCUT2D eigenvalue weighted by Gasteiger charge is 2.23. The van der Waals surface area contributed by atoms with Gasteiger partial charge in [0.1, 0.15) is 0 Å². The summed E-state index contributed by atoms with van der Waals surface area (Å²) in [5.41, 5.74) is 0. The Kier molecular flexibility index (Phi) is 5.95. The summed E-state index contributed by atoms with van der Waals surface area (Å²) in [5, 5.41) is 8.89. The number of amides is 2. The van der Waals surface area contributed by atoms with Crippen molar-refractivity contribution in [3.05, 3.63) is 24.2 Å². The van der Waals surface area contributed by atoms with Crippen LogP contribution in [0.1, 0.15) is 24.4 Å². The molecule has 0 saturated heterocycles. The molecule has 0 bridgehead atoms. The molecule has 2 amide bonds. The van der Waals surface area contributed by atoms with Crippen molar-refractivity contribution in [2.45, 2.75) is 13.8 Å². The largest absolute Gasteiger partial charge is 0.481 e. The summed E-state index contributed by atoms with van der Waals surface area (Å²) in [7, 11) is 1.50. The standard InChI is InChI=1S/C14H20N2O5/c1-4-16(8-10(2)14(19)20)12(17)9-15(3)13(18)11-6-5-7-21-11/h5-7,10H,4,8-9H2,1-3H3,(H,19,20). The minimum Gasteiger partial charge on any atom is -0.481 e. The quantitative estimate of drug-likeness (QED) is 0.808. The highest BCUT2D eigenvalue weighted by atomic mass is 16.4. The summed E-state index contributed by atoms with van der Waals surface area (Å²) >= 11 is 0. The Morgan fingerprint density at radius 3 is 2.52 bits per heavy atom. The fraction of sp³-hybridized carbons (Fsp3) is 0.500. The Morgan fingerprint density at radius 1 is 1.38 bits per heavy atom. The number of rotatable bonds is 7. The fourth-order valence-electron chi connectivity index (χ4n) is 1.78. The van der Waals surface area contributed by atoms with E-state index in [1.807, 2.05) is 0 Å². The molecule has 1 N–H and O–H groups in total. The van der Waals surface area contributed by atoms with E-state index >= 15 is 0 Å². The lowest BCUT2D eigenvalue weighted by Crippen LogP contribution is -2.43. The van der Waals surface area contributed by atoms with Crippen molar-refractivity contribution in [3.8, 4) is 0 Å². The third-order valence-corrected chi connectivity index (χ3v) is 3.10. The van der Waals surface area contributed by atoms with Crippen LogP contribution >= 0.6 is 0 Å². The van der Waals surface area contributed by atoms with Crippen LogP contribution in [0.5, 0.6) is 0 Å². The topological polar surface area (TPSA) is 91.1 Å². The van der Waals surface area contributed by atoms with E-state index in [2.05, 4.69) is 0 Å². The number of hydrogen-bond donors (Lipinski definition) is 1. The van der Waals surface area contributed by atoms with E-state index in [1.165, 1.54) is 36.1 Å². The van der Waals surface area contributed by atoms with Crippen molar-refractivity contribution in [1.82, 2.24) is 9.80 Å². The van der Waals surface area contributed by atoms with Crippen LogP contribution in [-0.4, -0.2) is 59.4 Å². The van der Waals surface area contributed by atoms with E-state index in [1.54, 1.807) is 13.0 Å². The summed E-state index contributed by atoms with van der Waals surface area (Å²) in [5.74, 6) is -2.14. The lowest BCUT2D eigenvalue weighted by Gasteiger charge is -2.25. The third kappa shape index (κ3) is 4.62. The summed E-state index contributed by atoms with van der Waals surface area (Å²) in [4.78, 5) is 37.6. The van der Waals surface area contributed by atoms with Crippen molar-refractivity contribution >= 4 is 17.8 Å². The van der Waals surface area contributed by atoms with Gasteiger partial charge in [0.05, 0.1) is 18.7 Å². The molecular formula is C14H20N2O5. The van der Waals surface area contributed by atoms with Crippen LogP contribution in [0.15, 0.2) is 22.8 Å². The maximum Gasteiger partial charge on any atom is 0.308 e. The van der Waals surface area contributed by atoms with Crippen LogP contribution in [0.25, 0.3) is 0 Å². The Morgan fingerprint density at radius 2 is 2.05 bits per heavy atom. The van der Waals surface area contributed by atoms with Gasteiger partial charge in [-0.3, -0.25) is 14.4 Å². The summed E-state index contributed by atoms with van der Waals surface area (Å²) < 4.78 is 4.99. The molecule has 116 valence electrons. The molecule has 7 nitrogen and oxygen atoms in total. The number of furan rings is 1. The first kappa shape index (κ1) is 16.7. The summed E-state index contributed by atoms with van der Waals surface area (Å²) in [6.07, 6.45) is 1.38. The summed E-state index contributed by atoms with van der Waals surface area (Å²) in [6.45, 7) is 3.68. The molecule has 1 aromatic heterocycles. The first-order valence-corrected chi connectivity index (χ1v) is 6.66. The predicted octanol–water partition coefficient (Wildman–Crippen LogP) is 0.921. The highest BCUT2D eigenvalue weighted by Crippen LogP contribution is 2.06. The Balaban J connectivity index is 2.61. The number of aliphatic carboxylic acids is 1. The molecule has 0 aliphatic carbocycles. The zero-order valence-corrected chi connectivity index (χ0v) is 12.4. The third-order valence-electron chi connectivity index (χ3n) is 3.10. The number of carbonyl (C=O) groups is 3. The van der Waals surface area contributed by atoms with Gasteiger partial charge in [-0.2, -0.15) is 0 Å². The Hall–Kier alpha value is -2.31. The molecule has 0 aliphatic rings. The van der Waals surface area contributed by atoms with E-state index in [-0.39, 0.29) is 24.8 Å². The maximum absolute atomic E-state index is 12.1. The van der Waals surface area contributed by atoms with Gasteiger partial charge in [0.2, 0.25) is 5.91 Å². The SMILES string of the molecule is CCN(CC(C)C(=O)O)C(=O)CN(C)C(=O)c1ccco1. The highest BCUT2D eigenvalue weighted by molar-refractivity contribution is 5.94. The number of likely N-dealkylation sites (N-methyl/N-ethyl adjacent to an activating group) is 2.